The molecule has 0 spiro atoms. The van der Waals surface area contributed by atoms with Gasteiger partial charge in [-0.2, -0.15) is 12.6 Å². The average Bonchev–Trinajstić information content (AvgIpc) is 2.60. The van der Waals surface area contributed by atoms with Gasteiger partial charge in [-0.1, -0.05) is 6.07 Å². The van der Waals surface area contributed by atoms with Crippen LogP contribution in [-0.2, 0) is 14.3 Å². The summed E-state index contributed by atoms with van der Waals surface area (Å²) in [7, 11) is 1.49. The Bertz CT molecular complexity index is 776. The first-order valence-corrected chi connectivity index (χ1v) is 10.4. The van der Waals surface area contributed by atoms with Crippen LogP contribution in [-0.4, -0.2) is 58.4 Å². The minimum absolute atomic E-state index is 0.0234. The Hall–Kier alpha value is -2.42. The largest absolute Gasteiger partial charge is 0.508 e. The lowest BCUT2D eigenvalue weighted by Crippen LogP contribution is -2.53. The molecule has 2 unspecified atom stereocenters. The Kier molecular flexibility index (Phi) is 9.02. The zero-order valence-corrected chi connectivity index (χ0v) is 19.5. The number of carbonyl (C=O) groups is 3. The Morgan fingerprint density at radius 1 is 1.20 bits per heavy atom. The number of alkyl carbamates (subject to hydrolysis) is 1. The maximum absolute atomic E-state index is 13.1. The number of aryl methyl sites for hydroxylation is 1. The number of hydrogen-bond donors (Lipinski definition) is 4. The van der Waals surface area contributed by atoms with E-state index in [1.54, 1.807) is 39.8 Å². The predicted molar refractivity (Wildman–Crippen MR) is 119 cm³/mol. The van der Waals surface area contributed by atoms with Crippen LogP contribution < -0.4 is 10.6 Å². The van der Waals surface area contributed by atoms with Crippen molar-refractivity contribution in [3.05, 3.63) is 29.3 Å². The van der Waals surface area contributed by atoms with E-state index < -0.39 is 29.7 Å². The highest BCUT2D eigenvalue weighted by Crippen LogP contribution is 2.26. The third-order valence-electron chi connectivity index (χ3n) is 4.12. The molecule has 0 saturated heterocycles. The van der Waals surface area contributed by atoms with Crippen LogP contribution in [0.5, 0.6) is 5.75 Å². The average molecular weight is 440 g/mol. The third kappa shape index (κ3) is 7.44. The summed E-state index contributed by atoms with van der Waals surface area (Å²) in [5.74, 6) is -0.752. The monoisotopic (exact) mass is 439 g/mol. The highest BCUT2D eigenvalue weighted by molar-refractivity contribution is 7.80. The van der Waals surface area contributed by atoms with Crippen molar-refractivity contribution < 1.29 is 24.2 Å². The number of rotatable bonds is 7. The summed E-state index contributed by atoms with van der Waals surface area (Å²) in [5, 5.41) is 15.1. The standard InChI is InChI=1S/C21H33N3O5S/c1-12(2)22-18(26)17(14-8-9-16(25)13(3)10-14)24(7)19(27)15(11-30)23-20(28)29-21(4,5)6/h8-10,12,15,17,25,30H,11H2,1-7H3,(H,22,26)(H,23,28). The number of nitrogens with zero attached hydrogens (tertiary/aromatic N) is 1. The Morgan fingerprint density at radius 3 is 2.27 bits per heavy atom. The van der Waals surface area contributed by atoms with Gasteiger partial charge < -0.3 is 25.4 Å². The van der Waals surface area contributed by atoms with Crippen LogP contribution in [0, 0.1) is 6.92 Å². The molecule has 9 heteroatoms. The van der Waals surface area contributed by atoms with Gasteiger partial charge in [0.1, 0.15) is 23.4 Å². The van der Waals surface area contributed by atoms with E-state index >= 15 is 0 Å². The van der Waals surface area contributed by atoms with Gasteiger partial charge in [0.05, 0.1) is 0 Å². The van der Waals surface area contributed by atoms with E-state index in [1.807, 2.05) is 13.8 Å². The molecule has 2 atom stereocenters. The molecule has 0 radical (unpaired) electrons. The van der Waals surface area contributed by atoms with Crippen molar-refractivity contribution in [2.45, 2.75) is 65.3 Å². The molecule has 1 aromatic carbocycles. The molecular weight excluding hydrogens is 406 g/mol. The lowest BCUT2D eigenvalue weighted by Gasteiger charge is -2.31. The molecule has 8 nitrogen and oxygen atoms in total. The van der Waals surface area contributed by atoms with E-state index in [0.717, 1.165) is 0 Å². The summed E-state index contributed by atoms with van der Waals surface area (Å²) in [6.07, 6.45) is -0.744. The van der Waals surface area contributed by atoms with Gasteiger partial charge in [-0.25, -0.2) is 4.79 Å². The molecule has 0 aliphatic rings. The number of ether oxygens (including phenoxy) is 1. The molecule has 168 valence electrons. The Labute approximate surface area is 183 Å². The summed E-state index contributed by atoms with van der Waals surface area (Å²) >= 11 is 4.18. The van der Waals surface area contributed by atoms with E-state index in [4.69, 9.17) is 4.74 Å². The van der Waals surface area contributed by atoms with Crippen molar-refractivity contribution in [3.8, 4) is 5.75 Å². The Balaban J connectivity index is 3.18. The molecule has 30 heavy (non-hydrogen) atoms. The summed E-state index contributed by atoms with van der Waals surface area (Å²) in [5.41, 5.74) is 0.395. The van der Waals surface area contributed by atoms with Crippen molar-refractivity contribution in [2.24, 2.45) is 0 Å². The molecule has 0 aliphatic carbocycles. The maximum Gasteiger partial charge on any atom is 0.408 e. The maximum atomic E-state index is 13.1. The van der Waals surface area contributed by atoms with E-state index in [1.165, 1.54) is 18.0 Å². The Morgan fingerprint density at radius 2 is 1.80 bits per heavy atom. The predicted octanol–water partition coefficient (Wildman–Crippen LogP) is 2.55. The van der Waals surface area contributed by atoms with Crippen LogP contribution in [0.3, 0.4) is 0 Å². The zero-order chi connectivity index (χ0) is 23.2. The van der Waals surface area contributed by atoms with Gasteiger partial charge in [0.15, 0.2) is 0 Å². The fourth-order valence-electron chi connectivity index (χ4n) is 2.77. The van der Waals surface area contributed by atoms with Gasteiger partial charge in [-0.15, -0.1) is 0 Å². The van der Waals surface area contributed by atoms with Crippen molar-refractivity contribution in [1.82, 2.24) is 15.5 Å². The highest BCUT2D eigenvalue weighted by atomic mass is 32.1. The van der Waals surface area contributed by atoms with E-state index in [0.29, 0.717) is 11.1 Å². The first kappa shape index (κ1) is 25.6. The highest BCUT2D eigenvalue weighted by Gasteiger charge is 2.34. The van der Waals surface area contributed by atoms with Crippen molar-refractivity contribution in [1.29, 1.82) is 0 Å². The second-order valence-electron chi connectivity index (χ2n) is 8.44. The number of phenols is 1. The lowest BCUT2D eigenvalue weighted by molar-refractivity contribution is -0.140. The van der Waals surface area contributed by atoms with Crippen LogP contribution in [0.4, 0.5) is 4.79 Å². The van der Waals surface area contributed by atoms with E-state index in [9.17, 15) is 19.5 Å². The van der Waals surface area contributed by atoms with E-state index in [-0.39, 0.29) is 23.5 Å². The summed E-state index contributed by atoms with van der Waals surface area (Å²) < 4.78 is 5.21. The van der Waals surface area contributed by atoms with Crippen molar-refractivity contribution in [2.75, 3.05) is 12.8 Å². The van der Waals surface area contributed by atoms with Gasteiger partial charge in [-0.05, 0) is 64.8 Å². The molecular formula is C21H33N3O5S. The van der Waals surface area contributed by atoms with Gasteiger partial charge in [-0.3, -0.25) is 9.59 Å². The molecule has 3 amide bonds. The fourth-order valence-corrected chi connectivity index (χ4v) is 3.02. The number of benzene rings is 1. The second kappa shape index (κ2) is 10.6. The first-order valence-electron chi connectivity index (χ1n) is 9.73. The molecule has 0 aliphatic heterocycles. The SMILES string of the molecule is Cc1cc(C(C(=O)NC(C)C)N(C)C(=O)C(CS)NC(=O)OC(C)(C)C)ccc1O. The molecule has 0 saturated carbocycles. The minimum Gasteiger partial charge on any atom is -0.508 e. The molecule has 3 N–H and O–H groups in total. The van der Waals surface area contributed by atoms with Crippen LogP contribution in [0.15, 0.2) is 18.2 Å². The molecule has 1 rings (SSSR count). The normalized spacial score (nSPS) is 13.4. The summed E-state index contributed by atoms with van der Waals surface area (Å²) in [6, 6.07) is 2.65. The summed E-state index contributed by atoms with van der Waals surface area (Å²) in [4.78, 5) is 39.4. The molecule has 0 bridgehead atoms. The first-order chi connectivity index (χ1) is 13.8. The smallest absolute Gasteiger partial charge is 0.408 e. The van der Waals surface area contributed by atoms with Gasteiger partial charge in [0, 0.05) is 18.8 Å². The lowest BCUT2D eigenvalue weighted by atomic mass is 10.0. The number of hydrogen-bond acceptors (Lipinski definition) is 6. The second-order valence-corrected chi connectivity index (χ2v) is 8.81. The molecule has 0 heterocycles. The number of nitrogens with one attached hydrogen (secondary N) is 2. The van der Waals surface area contributed by atoms with Crippen molar-refractivity contribution in [3.63, 3.8) is 0 Å². The molecule has 0 aromatic heterocycles. The van der Waals surface area contributed by atoms with Gasteiger partial charge in [0.25, 0.3) is 0 Å². The van der Waals surface area contributed by atoms with Crippen LogP contribution in [0.25, 0.3) is 0 Å². The quantitative estimate of drug-likeness (QED) is 0.489. The number of aromatic hydroxyl groups is 1. The van der Waals surface area contributed by atoms with Crippen molar-refractivity contribution >= 4 is 30.5 Å². The zero-order valence-electron chi connectivity index (χ0n) is 18.6. The number of amides is 3. The number of phenolic OH excluding ortho intramolecular Hbond substituents is 1. The van der Waals surface area contributed by atoms with Crippen LogP contribution >= 0.6 is 12.6 Å². The van der Waals surface area contributed by atoms with Crippen LogP contribution in [0.2, 0.25) is 0 Å². The van der Waals surface area contributed by atoms with E-state index in [2.05, 4.69) is 23.3 Å². The third-order valence-corrected chi connectivity index (χ3v) is 4.49. The molecule has 1 aromatic rings. The van der Waals surface area contributed by atoms with Gasteiger partial charge >= 0.3 is 6.09 Å². The number of thiol groups is 1. The number of likely N-dealkylation sites (N-methyl/N-ethyl adjacent to an activating group) is 1. The topological polar surface area (TPSA) is 108 Å². The fraction of sp³-hybridized carbons (Fsp3) is 0.571. The minimum atomic E-state index is -0.985. The van der Waals surface area contributed by atoms with Gasteiger partial charge in [0.2, 0.25) is 11.8 Å². The summed E-state index contributed by atoms with van der Waals surface area (Å²) in [6.45, 7) is 10.5. The van der Waals surface area contributed by atoms with Crippen LogP contribution in [0.1, 0.15) is 51.8 Å². The molecule has 0 fully saturated rings. The number of carbonyl (C=O) groups excluding carboxylic acids is 3.